The molecule has 2 amide bonds. The van der Waals surface area contributed by atoms with Gasteiger partial charge in [0.25, 0.3) is 5.91 Å². The Hall–Kier alpha value is -2.89. The van der Waals surface area contributed by atoms with Crippen molar-refractivity contribution in [3.63, 3.8) is 0 Å². The highest BCUT2D eigenvalue weighted by atomic mass is 19.1. The number of fused-ring (bicyclic) bond motifs is 1. The minimum absolute atomic E-state index is 0.0168. The number of nitrogens with one attached hydrogen (secondary N) is 1. The molecular weight excluding hydrogens is 299 g/mol. The van der Waals surface area contributed by atoms with Crippen LogP contribution < -0.4 is 15.0 Å². The molecule has 0 saturated heterocycles. The van der Waals surface area contributed by atoms with Crippen LogP contribution in [0, 0.1) is 5.82 Å². The Morgan fingerprint density at radius 1 is 1.30 bits per heavy atom. The Bertz CT molecular complexity index is 776. The number of hydrogen-bond donors (Lipinski definition) is 1. The summed E-state index contributed by atoms with van der Waals surface area (Å²) in [7, 11) is 1.67. The number of amides is 2. The summed E-state index contributed by atoms with van der Waals surface area (Å²) in [6.07, 6.45) is 0.117. The number of carbonyl (C=O) groups is 2. The maximum Gasteiger partial charge on any atom is 0.264 e. The van der Waals surface area contributed by atoms with Gasteiger partial charge in [0.05, 0.1) is 12.1 Å². The SMILES string of the molecule is CN1C(=O)COc2ccc(CC(=O)Nc3cccc(F)c3)cc21. The van der Waals surface area contributed by atoms with Crippen LogP contribution in [0.2, 0.25) is 0 Å². The predicted octanol–water partition coefficient (Wildman–Crippen LogP) is 2.36. The fraction of sp³-hybridized carbons (Fsp3) is 0.176. The number of anilines is 2. The van der Waals surface area contributed by atoms with Gasteiger partial charge in [-0.05, 0) is 35.9 Å². The van der Waals surface area contributed by atoms with E-state index in [1.54, 1.807) is 31.3 Å². The lowest BCUT2D eigenvalue weighted by molar-refractivity contribution is -0.121. The van der Waals surface area contributed by atoms with Crippen molar-refractivity contribution >= 4 is 23.2 Å². The first-order valence-electron chi connectivity index (χ1n) is 7.10. The molecule has 1 N–H and O–H groups in total. The third-order valence-corrected chi connectivity index (χ3v) is 3.58. The molecule has 3 rings (SSSR count). The van der Waals surface area contributed by atoms with Crippen molar-refractivity contribution in [2.24, 2.45) is 0 Å². The minimum Gasteiger partial charge on any atom is -0.482 e. The van der Waals surface area contributed by atoms with Gasteiger partial charge < -0.3 is 15.0 Å². The highest BCUT2D eigenvalue weighted by Gasteiger charge is 2.22. The van der Waals surface area contributed by atoms with E-state index < -0.39 is 5.82 Å². The molecule has 0 spiro atoms. The Kier molecular flexibility index (Phi) is 3.97. The number of carbonyl (C=O) groups excluding carboxylic acids is 2. The lowest BCUT2D eigenvalue weighted by Gasteiger charge is -2.26. The molecule has 0 aliphatic carbocycles. The van der Waals surface area contributed by atoms with Gasteiger partial charge >= 0.3 is 0 Å². The van der Waals surface area contributed by atoms with E-state index in [0.29, 0.717) is 17.1 Å². The van der Waals surface area contributed by atoms with Gasteiger partial charge in [-0.15, -0.1) is 0 Å². The lowest BCUT2D eigenvalue weighted by atomic mass is 10.1. The molecule has 0 fully saturated rings. The Morgan fingerprint density at radius 3 is 2.91 bits per heavy atom. The van der Waals surface area contributed by atoms with Gasteiger partial charge in [0, 0.05) is 12.7 Å². The molecular formula is C17H15FN2O3. The van der Waals surface area contributed by atoms with Crippen molar-refractivity contribution in [3.8, 4) is 5.75 Å². The Labute approximate surface area is 132 Å². The van der Waals surface area contributed by atoms with E-state index in [1.807, 2.05) is 0 Å². The molecule has 0 saturated carbocycles. The van der Waals surface area contributed by atoms with Crippen LogP contribution in [0.5, 0.6) is 5.75 Å². The van der Waals surface area contributed by atoms with Gasteiger partial charge in [-0.25, -0.2) is 4.39 Å². The van der Waals surface area contributed by atoms with Crippen LogP contribution in [-0.4, -0.2) is 25.5 Å². The number of benzene rings is 2. The molecule has 1 aliphatic rings. The zero-order valence-corrected chi connectivity index (χ0v) is 12.5. The zero-order chi connectivity index (χ0) is 16.4. The molecule has 0 atom stereocenters. The van der Waals surface area contributed by atoms with E-state index in [0.717, 1.165) is 5.56 Å². The number of hydrogen-bond acceptors (Lipinski definition) is 3. The molecule has 0 radical (unpaired) electrons. The van der Waals surface area contributed by atoms with Gasteiger partial charge in [0.15, 0.2) is 6.61 Å². The highest BCUT2D eigenvalue weighted by molar-refractivity contribution is 5.98. The van der Waals surface area contributed by atoms with E-state index in [4.69, 9.17) is 4.74 Å². The van der Waals surface area contributed by atoms with E-state index in [-0.39, 0.29) is 24.8 Å². The molecule has 118 valence electrons. The summed E-state index contributed by atoms with van der Waals surface area (Å²) < 4.78 is 18.5. The van der Waals surface area contributed by atoms with Crippen LogP contribution in [0.4, 0.5) is 15.8 Å². The Balaban J connectivity index is 1.73. The monoisotopic (exact) mass is 314 g/mol. The largest absolute Gasteiger partial charge is 0.482 e. The van der Waals surface area contributed by atoms with Gasteiger partial charge in [-0.1, -0.05) is 12.1 Å². The molecule has 1 aliphatic heterocycles. The topological polar surface area (TPSA) is 58.6 Å². The van der Waals surface area contributed by atoms with Crippen molar-refractivity contribution in [3.05, 3.63) is 53.8 Å². The normalized spacial score (nSPS) is 13.3. The van der Waals surface area contributed by atoms with Crippen LogP contribution in [0.25, 0.3) is 0 Å². The van der Waals surface area contributed by atoms with Crippen molar-refractivity contribution in [1.82, 2.24) is 0 Å². The number of likely N-dealkylation sites (N-methyl/N-ethyl adjacent to an activating group) is 1. The molecule has 0 unspecified atom stereocenters. The predicted molar refractivity (Wildman–Crippen MR) is 84.1 cm³/mol. The summed E-state index contributed by atoms with van der Waals surface area (Å²) in [5, 5.41) is 2.64. The van der Waals surface area contributed by atoms with Crippen LogP contribution in [0.3, 0.4) is 0 Å². The summed E-state index contributed by atoms with van der Waals surface area (Å²) >= 11 is 0. The molecule has 1 heterocycles. The smallest absolute Gasteiger partial charge is 0.264 e. The van der Waals surface area contributed by atoms with Crippen molar-refractivity contribution in [2.45, 2.75) is 6.42 Å². The summed E-state index contributed by atoms with van der Waals surface area (Å²) in [6, 6.07) is 11.0. The van der Waals surface area contributed by atoms with E-state index in [9.17, 15) is 14.0 Å². The third-order valence-electron chi connectivity index (χ3n) is 3.58. The highest BCUT2D eigenvalue weighted by Crippen LogP contribution is 2.32. The fourth-order valence-corrected chi connectivity index (χ4v) is 2.38. The minimum atomic E-state index is -0.408. The first-order valence-corrected chi connectivity index (χ1v) is 7.10. The average molecular weight is 314 g/mol. The second-order valence-corrected chi connectivity index (χ2v) is 5.28. The van der Waals surface area contributed by atoms with Crippen LogP contribution in [0.1, 0.15) is 5.56 Å². The lowest BCUT2D eigenvalue weighted by Crippen LogP contribution is -2.35. The standard InChI is InChI=1S/C17H15FN2O3/c1-20-14-7-11(5-6-15(14)23-10-17(20)22)8-16(21)19-13-4-2-3-12(18)9-13/h2-7,9H,8,10H2,1H3,(H,19,21). The first-order chi connectivity index (χ1) is 11.0. The molecule has 6 heteroatoms. The molecule has 2 aromatic carbocycles. The van der Waals surface area contributed by atoms with Crippen molar-refractivity contribution in [2.75, 3.05) is 23.9 Å². The summed E-state index contributed by atoms with van der Waals surface area (Å²) in [6.45, 7) is 0.0168. The average Bonchev–Trinajstić information content (AvgIpc) is 2.51. The fourth-order valence-electron chi connectivity index (χ4n) is 2.38. The summed E-state index contributed by atoms with van der Waals surface area (Å²) in [4.78, 5) is 25.2. The number of ether oxygens (including phenoxy) is 1. The number of nitrogens with zero attached hydrogens (tertiary/aromatic N) is 1. The van der Waals surface area contributed by atoms with Crippen LogP contribution >= 0.6 is 0 Å². The van der Waals surface area contributed by atoms with Gasteiger partial charge in [0.1, 0.15) is 11.6 Å². The van der Waals surface area contributed by atoms with Crippen molar-refractivity contribution in [1.29, 1.82) is 0 Å². The molecule has 2 aromatic rings. The Morgan fingerprint density at radius 2 is 2.13 bits per heavy atom. The number of halogens is 1. The second-order valence-electron chi connectivity index (χ2n) is 5.28. The molecule has 0 aromatic heterocycles. The number of rotatable bonds is 3. The summed E-state index contributed by atoms with van der Waals surface area (Å²) in [5.41, 5.74) is 1.78. The molecule has 23 heavy (non-hydrogen) atoms. The maximum absolute atomic E-state index is 13.1. The molecule has 5 nitrogen and oxygen atoms in total. The van der Waals surface area contributed by atoms with Gasteiger partial charge in [-0.3, -0.25) is 9.59 Å². The van der Waals surface area contributed by atoms with Crippen LogP contribution in [-0.2, 0) is 16.0 Å². The first kappa shape index (κ1) is 15.0. The molecule has 0 bridgehead atoms. The zero-order valence-electron chi connectivity index (χ0n) is 12.5. The second kappa shape index (κ2) is 6.08. The maximum atomic E-state index is 13.1. The van der Waals surface area contributed by atoms with Crippen molar-refractivity contribution < 1.29 is 18.7 Å². The van der Waals surface area contributed by atoms with Gasteiger partial charge in [-0.2, -0.15) is 0 Å². The summed E-state index contributed by atoms with van der Waals surface area (Å²) in [5.74, 6) is -0.199. The van der Waals surface area contributed by atoms with E-state index >= 15 is 0 Å². The van der Waals surface area contributed by atoms with E-state index in [2.05, 4.69) is 5.32 Å². The van der Waals surface area contributed by atoms with Crippen LogP contribution in [0.15, 0.2) is 42.5 Å². The van der Waals surface area contributed by atoms with Gasteiger partial charge in [0.2, 0.25) is 5.91 Å². The quantitative estimate of drug-likeness (QED) is 0.946. The van der Waals surface area contributed by atoms with E-state index in [1.165, 1.54) is 23.1 Å². The third kappa shape index (κ3) is 3.31.